The van der Waals surface area contributed by atoms with E-state index in [0.29, 0.717) is 17.1 Å². The normalized spacial score (nSPS) is 11.4. The van der Waals surface area contributed by atoms with Gasteiger partial charge in [0.1, 0.15) is 5.82 Å². The maximum Gasteiger partial charge on any atom is 0.433 e. The summed E-state index contributed by atoms with van der Waals surface area (Å²) in [5.74, 6) is -0.172. The molecule has 0 radical (unpaired) electrons. The Kier molecular flexibility index (Phi) is 5.84. The highest BCUT2D eigenvalue weighted by Crippen LogP contribution is 2.31. The molecule has 0 atom stereocenters. The molecule has 0 bridgehead atoms. The van der Waals surface area contributed by atoms with E-state index >= 15 is 0 Å². The second-order valence-corrected chi connectivity index (χ2v) is 5.48. The number of halogens is 4. The molecule has 0 saturated heterocycles. The van der Waals surface area contributed by atoms with Gasteiger partial charge in [0.2, 0.25) is 5.95 Å². The average molecular weight is 361 g/mol. The van der Waals surface area contributed by atoms with E-state index in [-0.39, 0.29) is 24.9 Å². The van der Waals surface area contributed by atoms with Crippen LogP contribution in [0.2, 0.25) is 5.02 Å². The maximum absolute atomic E-state index is 13.0. The molecular formula is C15H16ClF3N4O. The lowest BCUT2D eigenvalue weighted by molar-refractivity contribution is -0.141. The highest BCUT2D eigenvalue weighted by atomic mass is 35.5. The smallest absolute Gasteiger partial charge is 0.396 e. The Morgan fingerprint density at radius 1 is 1.21 bits per heavy atom. The molecule has 0 fully saturated rings. The van der Waals surface area contributed by atoms with Crippen molar-refractivity contribution in [2.24, 2.45) is 0 Å². The first-order chi connectivity index (χ1) is 11.3. The molecule has 0 aliphatic carbocycles. The van der Waals surface area contributed by atoms with E-state index in [1.807, 2.05) is 0 Å². The maximum atomic E-state index is 13.0. The van der Waals surface area contributed by atoms with Crippen molar-refractivity contribution in [3.63, 3.8) is 0 Å². The SMILES string of the molecule is Cc1ccc(Cl)cc1Nc1cc(C(F)(F)F)nc(NCCCO)n1. The molecular weight excluding hydrogens is 345 g/mol. The molecule has 0 amide bonds. The van der Waals surface area contributed by atoms with Crippen LogP contribution in [0.3, 0.4) is 0 Å². The van der Waals surface area contributed by atoms with Crippen LogP contribution in [-0.2, 0) is 6.18 Å². The summed E-state index contributed by atoms with van der Waals surface area (Å²) < 4.78 is 39.0. The Morgan fingerprint density at radius 3 is 2.62 bits per heavy atom. The summed E-state index contributed by atoms with van der Waals surface area (Å²) in [5.41, 5.74) is 0.295. The summed E-state index contributed by atoms with van der Waals surface area (Å²) in [4.78, 5) is 7.49. The fourth-order valence-electron chi connectivity index (χ4n) is 1.88. The Morgan fingerprint density at radius 2 is 1.96 bits per heavy atom. The minimum atomic E-state index is -4.60. The van der Waals surface area contributed by atoms with Crippen molar-refractivity contribution in [3.05, 3.63) is 40.5 Å². The summed E-state index contributed by atoms with van der Waals surface area (Å²) >= 11 is 5.91. The molecule has 2 aromatic rings. The largest absolute Gasteiger partial charge is 0.433 e. The number of alkyl halides is 3. The molecule has 1 aromatic heterocycles. The Balaban J connectivity index is 2.33. The third kappa shape index (κ3) is 4.97. The topological polar surface area (TPSA) is 70.1 Å². The lowest BCUT2D eigenvalue weighted by atomic mass is 10.2. The van der Waals surface area contributed by atoms with Gasteiger partial charge in [0.25, 0.3) is 0 Å². The van der Waals surface area contributed by atoms with Crippen LogP contribution in [0.4, 0.5) is 30.6 Å². The second-order valence-electron chi connectivity index (χ2n) is 5.05. The van der Waals surface area contributed by atoms with E-state index in [2.05, 4.69) is 20.6 Å². The molecule has 0 aliphatic heterocycles. The summed E-state index contributed by atoms with van der Waals surface area (Å²) in [7, 11) is 0. The standard InChI is InChI=1S/C15H16ClF3N4O/c1-9-3-4-10(16)7-11(9)21-13-8-12(15(17,18)19)22-14(23-13)20-5-2-6-24/h3-4,7-8,24H,2,5-6H2,1H3,(H2,20,21,22,23). The van der Waals surface area contributed by atoms with Crippen LogP contribution >= 0.6 is 11.6 Å². The predicted octanol–water partition coefficient (Wildman–Crippen LogP) is 4.00. The van der Waals surface area contributed by atoms with E-state index in [0.717, 1.165) is 11.6 Å². The van der Waals surface area contributed by atoms with Crippen LogP contribution in [0.5, 0.6) is 0 Å². The monoisotopic (exact) mass is 360 g/mol. The molecule has 0 spiro atoms. The highest BCUT2D eigenvalue weighted by molar-refractivity contribution is 6.30. The quantitative estimate of drug-likeness (QED) is 0.679. The van der Waals surface area contributed by atoms with Gasteiger partial charge in [-0.25, -0.2) is 4.98 Å². The lowest BCUT2D eigenvalue weighted by Crippen LogP contribution is -2.14. The number of anilines is 3. The van der Waals surface area contributed by atoms with E-state index in [1.54, 1.807) is 25.1 Å². The van der Waals surface area contributed by atoms with Gasteiger partial charge in [0.05, 0.1) is 0 Å². The van der Waals surface area contributed by atoms with Crippen LogP contribution in [0.15, 0.2) is 24.3 Å². The molecule has 5 nitrogen and oxygen atoms in total. The van der Waals surface area contributed by atoms with E-state index < -0.39 is 11.9 Å². The number of benzene rings is 1. The Bertz CT molecular complexity index is 710. The summed E-state index contributed by atoms with van der Waals surface area (Å²) in [6, 6.07) is 5.87. The van der Waals surface area contributed by atoms with Crippen molar-refractivity contribution >= 4 is 29.1 Å². The van der Waals surface area contributed by atoms with Gasteiger partial charge in [-0.2, -0.15) is 18.2 Å². The molecule has 0 unspecified atom stereocenters. The number of aryl methyl sites for hydroxylation is 1. The number of nitrogens with zero attached hydrogens (tertiary/aromatic N) is 2. The van der Waals surface area contributed by atoms with Crippen molar-refractivity contribution in [1.29, 1.82) is 0 Å². The highest BCUT2D eigenvalue weighted by Gasteiger charge is 2.33. The van der Waals surface area contributed by atoms with Crippen molar-refractivity contribution in [2.75, 3.05) is 23.8 Å². The van der Waals surface area contributed by atoms with Gasteiger partial charge in [-0.1, -0.05) is 17.7 Å². The first kappa shape index (κ1) is 18.3. The molecule has 1 aromatic carbocycles. The fraction of sp³-hybridized carbons (Fsp3) is 0.333. The van der Waals surface area contributed by atoms with Crippen LogP contribution < -0.4 is 10.6 Å². The minimum absolute atomic E-state index is 0.00538. The van der Waals surface area contributed by atoms with Crippen molar-refractivity contribution in [1.82, 2.24) is 9.97 Å². The number of aliphatic hydroxyl groups is 1. The van der Waals surface area contributed by atoms with E-state index in [9.17, 15) is 13.2 Å². The molecule has 9 heteroatoms. The summed E-state index contributed by atoms with van der Waals surface area (Å²) in [5, 5.41) is 14.7. The Hall–Kier alpha value is -2.06. The van der Waals surface area contributed by atoms with Crippen molar-refractivity contribution in [2.45, 2.75) is 19.5 Å². The third-order valence-corrected chi connectivity index (χ3v) is 3.33. The van der Waals surface area contributed by atoms with Gasteiger partial charge in [0.15, 0.2) is 5.69 Å². The third-order valence-electron chi connectivity index (χ3n) is 3.10. The van der Waals surface area contributed by atoms with Crippen molar-refractivity contribution in [3.8, 4) is 0 Å². The van der Waals surface area contributed by atoms with Gasteiger partial charge in [0, 0.05) is 29.9 Å². The second kappa shape index (κ2) is 7.67. The zero-order chi connectivity index (χ0) is 17.7. The first-order valence-electron chi connectivity index (χ1n) is 7.14. The molecule has 0 aliphatic rings. The predicted molar refractivity (Wildman–Crippen MR) is 86.7 cm³/mol. The number of nitrogens with one attached hydrogen (secondary N) is 2. The number of aliphatic hydroxyl groups excluding tert-OH is 1. The molecule has 2 rings (SSSR count). The van der Waals surface area contributed by atoms with Gasteiger partial charge in [-0.15, -0.1) is 0 Å². The molecule has 130 valence electrons. The summed E-state index contributed by atoms with van der Waals surface area (Å²) in [6.45, 7) is 1.97. The van der Waals surface area contributed by atoms with Gasteiger partial charge in [-0.3, -0.25) is 0 Å². The van der Waals surface area contributed by atoms with Crippen LogP contribution in [0.25, 0.3) is 0 Å². The molecule has 1 heterocycles. The van der Waals surface area contributed by atoms with Crippen LogP contribution in [0, 0.1) is 6.92 Å². The van der Waals surface area contributed by atoms with E-state index in [1.165, 1.54) is 0 Å². The summed E-state index contributed by atoms with van der Waals surface area (Å²) in [6.07, 6.45) is -4.23. The average Bonchev–Trinajstić information content (AvgIpc) is 2.50. The number of rotatable bonds is 6. The zero-order valence-electron chi connectivity index (χ0n) is 12.8. The first-order valence-corrected chi connectivity index (χ1v) is 7.51. The van der Waals surface area contributed by atoms with Crippen LogP contribution in [0.1, 0.15) is 17.7 Å². The number of hydrogen-bond donors (Lipinski definition) is 3. The number of aromatic nitrogens is 2. The lowest BCUT2D eigenvalue weighted by Gasteiger charge is -2.14. The number of hydrogen-bond acceptors (Lipinski definition) is 5. The van der Waals surface area contributed by atoms with E-state index in [4.69, 9.17) is 16.7 Å². The van der Waals surface area contributed by atoms with Crippen LogP contribution in [-0.4, -0.2) is 28.2 Å². The molecule has 3 N–H and O–H groups in total. The zero-order valence-corrected chi connectivity index (χ0v) is 13.5. The Labute approximate surface area is 141 Å². The minimum Gasteiger partial charge on any atom is -0.396 e. The van der Waals surface area contributed by atoms with Gasteiger partial charge in [-0.05, 0) is 31.0 Å². The molecule has 24 heavy (non-hydrogen) atoms. The fourth-order valence-corrected chi connectivity index (χ4v) is 2.05. The molecule has 0 saturated carbocycles. The van der Waals surface area contributed by atoms with Gasteiger partial charge >= 0.3 is 6.18 Å². The van der Waals surface area contributed by atoms with Gasteiger partial charge < -0.3 is 15.7 Å². The van der Waals surface area contributed by atoms with Crippen molar-refractivity contribution < 1.29 is 18.3 Å².